The summed E-state index contributed by atoms with van der Waals surface area (Å²) in [5.41, 5.74) is 1.51. The average molecular weight is 186 g/mol. The van der Waals surface area contributed by atoms with Gasteiger partial charge in [-0.1, -0.05) is 12.1 Å². The summed E-state index contributed by atoms with van der Waals surface area (Å²) in [5.74, 6) is -0.144. The number of hydrogen-bond donors (Lipinski definition) is 1. The molecular formula is C11H10N2O. The molecule has 0 saturated carbocycles. The minimum absolute atomic E-state index is 0.144. The lowest BCUT2D eigenvalue weighted by Crippen LogP contribution is -2.13. The van der Waals surface area contributed by atoms with Gasteiger partial charge in [0.25, 0.3) is 0 Å². The van der Waals surface area contributed by atoms with Crippen molar-refractivity contribution in [3.05, 3.63) is 41.5 Å². The second-order valence-corrected chi connectivity index (χ2v) is 2.68. The smallest absolute Gasteiger partial charge is 0.243 e. The largest absolute Gasteiger partial charge is 0.356 e. The monoisotopic (exact) mass is 186 g/mol. The molecule has 1 rings (SSSR count). The van der Waals surface area contributed by atoms with E-state index in [0.29, 0.717) is 5.56 Å². The molecule has 0 bridgehead atoms. The standard InChI is InChI=1S/C11H10N2O/c1-13-11(14)7-6-9-2-4-10(8-12)5-3-9/h2-7H,1H3,(H,13,14). The second kappa shape index (κ2) is 4.83. The summed E-state index contributed by atoms with van der Waals surface area (Å²) >= 11 is 0. The minimum Gasteiger partial charge on any atom is -0.356 e. The van der Waals surface area contributed by atoms with Crippen LogP contribution in [0.15, 0.2) is 30.3 Å². The van der Waals surface area contributed by atoms with E-state index in [1.165, 1.54) is 6.08 Å². The maximum Gasteiger partial charge on any atom is 0.243 e. The van der Waals surface area contributed by atoms with E-state index >= 15 is 0 Å². The van der Waals surface area contributed by atoms with Crippen molar-refractivity contribution < 1.29 is 4.79 Å². The van der Waals surface area contributed by atoms with Crippen LogP contribution >= 0.6 is 0 Å². The summed E-state index contributed by atoms with van der Waals surface area (Å²) in [6.45, 7) is 0. The zero-order valence-electron chi connectivity index (χ0n) is 7.82. The Labute approximate surface area is 82.7 Å². The molecule has 0 spiro atoms. The van der Waals surface area contributed by atoms with Crippen LogP contribution in [0.5, 0.6) is 0 Å². The van der Waals surface area contributed by atoms with E-state index in [2.05, 4.69) is 5.32 Å². The van der Waals surface area contributed by atoms with Crippen molar-refractivity contribution >= 4 is 12.0 Å². The van der Waals surface area contributed by atoms with Gasteiger partial charge in [-0.25, -0.2) is 0 Å². The third-order valence-corrected chi connectivity index (χ3v) is 1.71. The van der Waals surface area contributed by atoms with Crippen LogP contribution in [0.25, 0.3) is 6.08 Å². The summed E-state index contributed by atoms with van der Waals surface area (Å²) < 4.78 is 0. The van der Waals surface area contributed by atoms with Crippen molar-refractivity contribution in [1.82, 2.24) is 5.32 Å². The van der Waals surface area contributed by atoms with E-state index < -0.39 is 0 Å². The number of likely N-dealkylation sites (N-methyl/N-ethyl adjacent to an activating group) is 1. The van der Waals surface area contributed by atoms with Gasteiger partial charge in [0.05, 0.1) is 11.6 Å². The van der Waals surface area contributed by atoms with Gasteiger partial charge < -0.3 is 5.32 Å². The molecule has 0 aliphatic rings. The number of nitriles is 1. The Hall–Kier alpha value is -2.08. The fraction of sp³-hybridized carbons (Fsp3) is 0.0909. The van der Waals surface area contributed by atoms with E-state index in [-0.39, 0.29) is 5.91 Å². The maximum atomic E-state index is 10.9. The molecule has 0 saturated heterocycles. The first kappa shape index (κ1) is 10.0. The number of nitrogens with one attached hydrogen (secondary N) is 1. The molecule has 70 valence electrons. The first-order valence-corrected chi connectivity index (χ1v) is 4.16. The van der Waals surface area contributed by atoms with E-state index in [9.17, 15) is 4.79 Å². The van der Waals surface area contributed by atoms with Crippen LogP contribution in [-0.4, -0.2) is 13.0 Å². The van der Waals surface area contributed by atoms with Gasteiger partial charge in [-0.3, -0.25) is 4.79 Å². The molecule has 3 nitrogen and oxygen atoms in total. The summed E-state index contributed by atoms with van der Waals surface area (Å²) in [7, 11) is 1.57. The molecule has 0 unspecified atom stereocenters. The highest BCUT2D eigenvalue weighted by atomic mass is 16.1. The Kier molecular flexibility index (Phi) is 3.45. The fourth-order valence-electron chi connectivity index (χ4n) is 0.924. The van der Waals surface area contributed by atoms with Gasteiger partial charge in [-0.05, 0) is 23.8 Å². The molecule has 3 heteroatoms. The molecule has 0 aromatic heterocycles. The Balaban J connectivity index is 2.74. The number of carbonyl (C=O) groups excluding carboxylic acids is 1. The molecule has 1 N–H and O–H groups in total. The first-order valence-electron chi connectivity index (χ1n) is 4.16. The SMILES string of the molecule is CNC(=O)C=Cc1ccc(C#N)cc1. The van der Waals surface area contributed by atoms with Gasteiger partial charge in [0.2, 0.25) is 5.91 Å². The Morgan fingerprint density at radius 2 is 2.07 bits per heavy atom. The summed E-state index contributed by atoms with van der Waals surface area (Å²) in [4.78, 5) is 10.9. The Morgan fingerprint density at radius 1 is 1.43 bits per heavy atom. The second-order valence-electron chi connectivity index (χ2n) is 2.68. The number of rotatable bonds is 2. The third-order valence-electron chi connectivity index (χ3n) is 1.71. The van der Waals surface area contributed by atoms with E-state index in [1.807, 2.05) is 6.07 Å². The first-order chi connectivity index (χ1) is 6.76. The summed E-state index contributed by atoms with van der Waals surface area (Å²) in [6.07, 6.45) is 3.14. The van der Waals surface area contributed by atoms with Gasteiger partial charge in [0.1, 0.15) is 0 Å². The molecular weight excluding hydrogens is 176 g/mol. The Bertz CT molecular complexity index is 385. The predicted octanol–water partition coefficient (Wildman–Crippen LogP) is 1.32. The number of amides is 1. The molecule has 1 aromatic carbocycles. The van der Waals surface area contributed by atoms with Crippen molar-refractivity contribution in [1.29, 1.82) is 5.26 Å². The van der Waals surface area contributed by atoms with E-state index in [4.69, 9.17) is 5.26 Å². The van der Waals surface area contributed by atoms with Crippen molar-refractivity contribution in [2.24, 2.45) is 0 Å². The molecule has 0 radical (unpaired) electrons. The molecule has 1 amide bonds. The molecule has 0 heterocycles. The third kappa shape index (κ3) is 2.76. The fourth-order valence-corrected chi connectivity index (χ4v) is 0.924. The van der Waals surface area contributed by atoms with Gasteiger partial charge in [0.15, 0.2) is 0 Å². The maximum absolute atomic E-state index is 10.9. The zero-order valence-corrected chi connectivity index (χ0v) is 7.82. The van der Waals surface area contributed by atoms with E-state index in [1.54, 1.807) is 37.4 Å². The van der Waals surface area contributed by atoms with Crippen molar-refractivity contribution in [3.8, 4) is 6.07 Å². The number of nitrogens with zero attached hydrogens (tertiary/aromatic N) is 1. The highest BCUT2D eigenvalue weighted by molar-refractivity contribution is 5.91. The average Bonchev–Trinajstić information content (AvgIpc) is 2.26. The minimum atomic E-state index is -0.144. The van der Waals surface area contributed by atoms with Crippen LogP contribution in [-0.2, 0) is 4.79 Å². The van der Waals surface area contributed by atoms with Gasteiger partial charge in [0, 0.05) is 13.1 Å². The lowest BCUT2D eigenvalue weighted by molar-refractivity contribution is -0.115. The molecule has 0 aliphatic carbocycles. The van der Waals surface area contributed by atoms with Crippen LogP contribution in [0, 0.1) is 11.3 Å². The summed E-state index contributed by atoms with van der Waals surface area (Å²) in [5, 5.41) is 11.0. The van der Waals surface area contributed by atoms with Crippen LogP contribution in [0.4, 0.5) is 0 Å². The molecule has 0 aliphatic heterocycles. The lowest BCUT2D eigenvalue weighted by atomic mass is 10.1. The highest BCUT2D eigenvalue weighted by Gasteiger charge is 1.91. The van der Waals surface area contributed by atoms with Crippen LogP contribution in [0.3, 0.4) is 0 Å². The van der Waals surface area contributed by atoms with Crippen LogP contribution in [0.2, 0.25) is 0 Å². The van der Waals surface area contributed by atoms with Crippen molar-refractivity contribution in [2.75, 3.05) is 7.05 Å². The molecule has 14 heavy (non-hydrogen) atoms. The van der Waals surface area contributed by atoms with Crippen molar-refractivity contribution in [3.63, 3.8) is 0 Å². The summed E-state index contributed by atoms with van der Waals surface area (Å²) in [6, 6.07) is 9.03. The number of hydrogen-bond acceptors (Lipinski definition) is 2. The van der Waals surface area contributed by atoms with Crippen LogP contribution < -0.4 is 5.32 Å². The zero-order chi connectivity index (χ0) is 10.4. The normalized spacial score (nSPS) is 9.71. The van der Waals surface area contributed by atoms with Gasteiger partial charge >= 0.3 is 0 Å². The quantitative estimate of drug-likeness (QED) is 0.708. The molecule has 0 fully saturated rings. The number of carbonyl (C=O) groups is 1. The van der Waals surface area contributed by atoms with E-state index in [0.717, 1.165) is 5.56 Å². The van der Waals surface area contributed by atoms with Gasteiger partial charge in [-0.15, -0.1) is 0 Å². The van der Waals surface area contributed by atoms with Crippen molar-refractivity contribution in [2.45, 2.75) is 0 Å². The highest BCUT2D eigenvalue weighted by Crippen LogP contribution is 2.04. The number of benzene rings is 1. The molecule has 0 atom stereocenters. The lowest BCUT2D eigenvalue weighted by Gasteiger charge is -1.93. The van der Waals surface area contributed by atoms with Crippen LogP contribution in [0.1, 0.15) is 11.1 Å². The Morgan fingerprint density at radius 3 is 2.57 bits per heavy atom. The topological polar surface area (TPSA) is 52.9 Å². The predicted molar refractivity (Wildman–Crippen MR) is 54.3 cm³/mol. The van der Waals surface area contributed by atoms with Gasteiger partial charge in [-0.2, -0.15) is 5.26 Å². The molecule has 1 aromatic rings.